The molecule has 0 aromatic heterocycles. The standard InChI is InChI=1S/C13H25NO3/c1-11(15)9-7-5-6-8-10-14-12(16)17-13(2,3)4/h7,9,11,15H,5-6,8,10H2,1-4H3,(H,14,16)/b9-7+. The summed E-state index contributed by atoms with van der Waals surface area (Å²) in [4.78, 5) is 11.3. The number of allylic oxidation sites excluding steroid dienone is 1. The largest absolute Gasteiger partial charge is 0.444 e. The molecule has 2 N–H and O–H groups in total. The molecule has 0 fully saturated rings. The summed E-state index contributed by atoms with van der Waals surface area (Å²) >= 11 is 0. The zero-order valence-electron chi connectivity index (χ0n) is 11.3. The Balaban J connectivity index is 3.43. The summed E-state index contributed by atoms with van der Waals surface area (Å²) in [5.41, 5.74) is -0.440. The van der Waals surface area contributed by atoms with Crippen molar-refractivity contribution in [3.05, 3.63) is 12.2 Å². The number of rotatable bonds is 6. The van der Waals surface area contributed by atoms with E-state index in [0.29, 0.717) is 6.54 Å². The maximum atomic E-state index is 11.3. The van der Waals surface area contributed by atoms with E-state index in [-0.39, 0.29) is 12.2 Å². The average molecular weight is 243 g/mol. The van der Waals surface area contributed by atoms with Crippen LogP contribution in [0.4, 0.5) is 4.79 Å². The molecule has 1 unspecified atom stereocenters. The Kier molecular flexibility index (Phi) is 7.63. The molecular weight excluding hydrogens is 218 g/mol. The summed E-state index contributed by atoms with van der Waals surface area (Å²) in [6.45, 7) is 7.87. The molecule has 4 nitrogen and oxygen atoms in total. The van der Waals surface area contributed by atoms with Gasteiger partial charge >= 0.3 is 6.09 Å². The molecule has 0 aliphatic heterocycles. The highest BCUT2D eigenvalue weighted by molar-refractivity contribution is 5.67. The van der Waals surface area contributed by atoms with Crippen molar-refractivity contribution in [2.24, 2.45) is 0 Å². The molecule has 0 saturated heterocycles. The molecule has 0 heterocycles. The van der Waals surface area contributed by atoms with Crippen LogP contribution < -0.4 is 5.32 Å². The van der Waals surface area contributed by atoms with E-state index < -0.39 is 5.60 Å². The first kappa shape index (κ1) is 16.0. The third-order valence-corrected chi connectivity index (χ3v) is 1.88. The van der Waals surface area contributed by atoms with Gasteiger partial charge in [-0.3, -0.25) is 0 Å². The Morgan fingerprint density at radius 2 is 2.06 bits per heavy atom. The van der Waals surface area contributed by atoms with Gasteiger partial charge in [-0.2, -0.15) is 0 Å². The summed E-state index contributed by atoms with van der Waals surface area (Å²) < 4.78 is 5.10. The van der Waals surface area contributed by atoms with E-state index >= 15 is 0 Å². The van der Waals surface area contributed by atoms with Crippen LogP contribution in [0.25, 0.3) is 0 Å². The Bertz CT molecular complexity index is 242. The summed E-state index contributed by atoms with van der Waals surface area (Å²) in [7, 11) is 0. The van der Waals surface area contributed by atoms with Crippen molar-refractivity contribution in [1.29, 1.82) is 0 Å². The van der Waals surface area contributed by atoms with Crippen LogP contribution in [0.1, 0.15) is 47.0 Å². The monoisotopic (exact) mass is 243 g/mol. The maximum absolute atomic E-state index is 11.3. The van der Waals surface area contributed by atoms with Crippen LogP contribution in [0, 0.1) is 0 Å². The van der Waals surface area contributed by atoms with Gasteiger partial charge in [0.25, 0.3) is 0 Å². The lowest BCUT2D eigenvalue weighted by Crippen LogP contribution is -2.32. The van der Waals surface area contributed by atoms with Crippen molar-refractivity contribution in [3.63, 3.8) is 0 Å². The van der Waals surface area contributed by atoms with E-state index in [1.54, 1.807) is 13.0 Å². The Labute approximate surface area is 104 Å². The normalized spacial score (nSPS) is 13.7. The topological polar surface area (TPSA) is 58.6 Å². The van der Waals surface area contributed by atoms with Crippen LogP contribution in [0.5, 0.6) is 0 Å². The number of unbranched alkanes of at least 4 members (excludes halogenated alkanes) is 2. The lowest BCUT2D eigenvalue weighted by Gasteiger charge is -2.19. The molecule has 0 saturated carbocycles. The van der Waals surface area contributed by atoms with Crippen LogP contribution in [0.3, 0.4) is 0 Å². The van der Waals surface area contributed by atoms with Gasteiger partial charge in [-0.25, -0.2) is 4.79 Å². The average Bonchev–Trinajstić information content (AvgIpc) is 2.12. The molecule has 0 radical (unpaired) electrons. The summed E-state index contributed by atoms with van der Waals surface area (Å²) in [5.74, 6) is 0. The smallest absolute Gasteiger partial charge is 0.407 e. The zero-order valence-corrected chi connectivity index (χ0v) is 11.3. The van der Waals surface area contributed by atoms with Gasteiger partial charge in [-0.05, 0) is 47.0 Å². The SMILES string of the molecule is CC(O)/C=C/CCCCNC(=O)OC(C)(C)C. The van der Waals surface area contributed by atoms with E-state index in [4.69, 9.17) is 9.84 Å². The quantitative estimate of drug-likeness (QED) is 0.557. The fourth-order valence-corrected chi connectivity index (χ4v) is 1.18. The Hall–Kier alpha value is -1.03. The summed E-state index contributed by atoms with van der Waals surface area (Å²) in [6, 6.07) is 0. The van der Waals surface area contributed by atoms with Crippen molar-refractivity contribution in [2.75, 3.05) is 6.54 Å². The van der Waals surface area contributed by atoms with Crippen molar-refractivity contribution in [2.45, 2.75) is 58.7 Å². The van der Waals surface area contributed by atoms with E-state index in [0.717, 1.165) is 19.3 Å². The molecule has 1 atom stereocenters. The molecule has 4 heteroatoms. The van der Waals surface area contributed by atoms with Crippen LogP contribution in [0.15, 0.2) is 12.2 Å². The predicted octanol–water partition coefficient (Wildman–Crippen LogP) is 2.62. The highest BCUT2D eigenvalue weighted by Crippen LogP contribution is 2.06. The number of ether oxygens (including phenoxy) is 1. The van der Waals surface area contributed by atoms with E-state index in [9.17, 15) is 4.79 Å². The third-order valence-electron chi connectivity index (χ3n) is 1.88. The maximum Gasteiger partial charge on any atom is 0.407 e. The lowest BCUT2D eigenvalue weighted by atomic mass is 10.2. The van der Waals surface area contributed by atoms with Gasteiger partial charge in [0.1, 0.15) is 5.60 Å². The van der Waals surface area contributed by atoms with E-state index in [1.165, 1.54) is 0 Å². The number of aliphatic hydroxyl groups excluding tert-OH is 1. The van der Waals surface area contributed by atoms with E-state index in [2.05, 4.69) is 5.32 Å². The fourth-order valence-electron chi connectivity index (χ4n) is 1.18. The van der Waals surface area contributed by atoms with Crippen molar-refractivity contribution < 1.29 is 14.6 Å². The van der Waals surface area contributed by atoms with Gasteiger partial charge in [0, 0.05) is 6.54 Å². The number of alkyl carbamates (subject to hydrolysis) is 1. The lowest BCUT2D eigenvalue weighted by molar-refractivity contribution is 0.0527. The van der Waals surface area contributed by atoms with Crippen molar-refractivity contribution >= 4 is 6.09 Å². The Morgan fingerprint density at radius 1 is 1.41 bits per heavy atom. The second-order valence-electron chi connectivity index (χ2n) is 5.09. The Morgan fingerprint density at radius 3 is 2.59 bits per heavy atom. The van der Waals surface area contributed by atoms with Crippen LogP contribution >= 0.6 is 0 Å². The molecule has 0 aromatic rings. The molecule has 0 bridgehead atoms. The van der Waals surface area contributed by atoms with Crippen LogP contribution in [-0.2, 0) is 4.74 Å². The van der Waals surface area contributed by atoms with Crippen molar-refractivity contribution in [3.8, 4) is 0 Å². The second kappa shape index (κ2) is 8.12. The number of hydrogen-bond acceptors (Lipinski definition) is 3. The van der Waals surface area contributed by atoms with Gasteiger partial charge in [0.15, 0.2) is 0 Å². The van der Waals surface area contributed by atoms with Crippen molar-refractivity contribution in [1.82, 2.24) is 5.32 Å². The fraction of sp³-hybridized carbons (Fsp3) is 0.769. The summed E-state index contributed by atoms with van der Waals surface area (Å²) in [6.07, 6.45) is 5.79. The van der Waals surface area contributed by atoms with Gasteiger partial charge in [0.2, 0.25) is 0 Å². The molecule has 0 aliphatic carbocycles. The first-order valence-electron chi connectivity index (χ1n) is 6.13. The first-order valence-corrected chi connectivity index (χ1v) is 6.13. The van der Waals surface area contributed by atoms with Crippen LogP contribution in [-0.4, -0.2) is 29.4 Å². The van der Waals surface area contributed by atoms with Gasteiger partial charge in [-0.1, -0.05) is 12.2 Å². The molecule has 1 amide bonds. The minimum Gasteiger partial charge on any atom is -0.444 e. The number of carbonyl (C=O) groups is 1. The molecule has 0 rings (SSSR count). The number of amides is 1. The number of carbonyl (C=O) groups excluding carboxylic acids is 1. The zero-order chi connectivity index (χ0) is 13.3. The number of hydrogen-bond donors (Lipinski definition) is 2. The molecule has 100 valence electrons. The summed E-state index contributed by atoms with van der Waals surface area (Å²) in [5, 5.41) is 11.7. The molecular formula is C13H25NO3. The number of aliphatic hydroxyl groups is 1. The second-order valence-corrected chi connectivity index (χ2v) is 5.09. The van der Waals surface area contributed by atoms with Gasteiger partial charge in [0.05, 0.1) is 6.10 Å². The highest BCUT2D eigenvalue weighted by atomic mass is 16.6. The molecule has 0 aliphatic rings. The predicted molar refractivity (Wildman–Crippen MR) is 68.9 cm³/mol. The molecule has 0 aromatic carbocycles. The third kappa shape index (κ3) is 12.9. The van der Waals surface area contributed by atoms with Gasteiger partial charge < -0.3 is 15.2 Å². The molecule has 17 heavy (non-hydrogen) atoms. The highest BCUT2D eigenvalue weighted by Gasteiger charge is 2.15. The van der Waals surface area contributed by atoms with E-state index in [1.807, 2.05) is 26.8 Å². The molecule has 0 spiro atoms. The number of nitrogens with one attached hydrogen (secondary N) is 1. The van der Waals surface area contributed by atoms with Gasteiger partial charge in [-0.15, -0.1) is 0 Å². The minimum absolute atomic E-state index is 0.364. The van der Waals surface area contributed by atoms with Crippen LogP contribution in [0.2, 0.25) is 0 Å². The first-order chi connectivity index (χ1) is 7.81. The minimum atomic E-state index is -0.440.